The molecule has 6 nitrogen and oxygen atoms in total. The van der Waals surface area contributed by atoms with E-state index in [9.17, 15) is 9.59 Å². The largest absolute Gasteiger partial charge is 0.463 e. The lowest BCUT2D eigenvalue weighted by Gasteiger charge is -2.24. The van der Waals surface area contributed by atoms with E-state index in [0.29, 0.717) is 25.6 Å². The maximum atomic E-state index is 13.7. The van der Waals surface area contributed by atoms with Gasteiger partial charge in [0.25, 0.3) is 5.56 Å². The van der Waals surface area contributed by atoms with E-state index >= 15 is 0 Å². The number of aryl methyl sites for hydroxylation is 1. The highest BCUT2D eigenvalue weighted by atomic mass is 35.5. The van der Waals surface area contributed by atoms with Gasteiger partial charge in [-0.1, -0.05) is 53.3 Å². The van der Waals surface area contributed by atoms with Crippen molar-refractivity contribution in [3.8, 4) is 0 Å². The van der Waals surface area contributed by atoms with Crippen molar-refractivity contribution in [1.29, 1.82) is 0 Å². The van der Waals surface area contributed by atoms with Gasteiger partial charge in [0, 0.05) is 34.7 Å². The van der Waals surface area contributed by atoms with Crippen LogP contribution in [0.4, 0.5) is 0 Å². The fourth-order valence-corrected chi connectivity index (χ4v) is 5.54. The second-order valence-corrected chi connectivity index (χ2v) is 9.51. The minimum atomic E-state index is -0.651. The van der Waals surface area contributed by atoms with Gasteiger partial charge in [0.2, 0.25) is 0 Å². The monoisotopic (exact) mass is 491 g/mol. The lowest BCUT2D eigenvalue weighted by Crippen LogP contribution is -2.39. The van der Waals surface area contributed by atoms with Gasteiger partial charge in [-0.3, -0.25) is 9.36 Å². The predicted molar refractivity (Wildman–Crippen MR) is 135 cm³/mol. The first kappa shape index (κ1) is 22.4. The van der Waals surface area contributed by atoms with Gasteiger partial charge in [-0.05, 0) is 43.7 Å². The summed E-state index contributed by atoms with van der Waals surface area (Å²) >= 11 is 7.42. The molecule has 34 heavy (non-hydrogen) atoms. The molecule has 0 saturated heterocycles. The van der Waals surface area contributed by atoms with Crippen molar-refractivity contribution in [2.24, 2.45) is 12.0 Å². The minimum absolute atomic E-state index is 0.203. The topological polar surface area (TPSA) is 65.6 Å². The van der Waals surface area contributed by atoms with Gasteiger partial charge < -0.3 is 9.30 Å². The van der Waals surface area contributed by atoms with Gasteiger partial charge in [-0.15, -0.1) is 0 Å². The maximum Gasteiger partial charge on any atom is 0.338 e. The van der Waals surface area contributed by atoms with Crippen LogP contribution in [0.3, 0.4) is 0 Å². The molecule has 1 atom stereocenters. The number of ether oxygens (including phenoxy) is 1. The molecular weight excluding hydrogens is 470 g/mol. The highest BCUT2D eigenvalue weighted by Crippen LogP contribution is 2.31. The first-order valence-corrected chi connectivity index (χ1v) is 12.1. The molecule has 0 aliphatic carbocycles. The Morgan fingerprint density at radius 1 is 1.21 bits per heavy atom. The number of hydrogen-bond acceptors (Lipinski definition) is 5. The highest BCUT2D eigenvalue weighted by Gasteiger charge is 2.33. The SMILES string of the molecule is CCOC(=O)C1=C(C)N=c2s/c(=C/c3cn(C)c4ccccc34)c(=O)n2C1c1ccc(Cl)cc1. The van der Waals surface area contributed by atoms with Crippen LogP contribution in [0.25, 0.3) is 17.0 Å². The third-order valence-electron chi connectivity index (χ3n) is 5.92. The van der Waals surface area contributed by atoms with Gasteiger partial charge in [0.15, 0.2) is 4.80 Å². The van der Waals surface area contributed by atoms with Gasteiger partial charge >= 0.3 is 5.97 Å². The number of para-hydroxylation sites is 1. The summed E-state index contributed by atoms with van der Waals surface area (Å²) in [5.74, 6) is -0.480. The number of fused-ring (bicyclic) bond motifs is 2. The fourth-order valence-electron chi connectivity index (χ4n) is 4.38. The van der Waals surface area contributed by atoms with Crippen LogP contribution in [0, 0.1) is 0 Å². The molecule has 0 N–H and O–H groups in total. The van der Waals surface area contributed by atoms with Gasteiger partial charge in [0.05, 0.1) is 28.5 Å². The molecule has 0 saturated carbocycles. The first-order valence-electron chi connectivity index (χ1n) is 10.9. The smallest absolute Gasteiger partial charge is 0.338 e. The number of allylic oxidation sites excluding steroid dienone is 1. The predicted octanol–water partition coefficient (Wildman–Crippen LogP) is 3.94. The second kappa shape index (κ2) is 8.74. The number of aromatic nitrogens is 2. The Hall–Kier alpha value is -3.42. The van der Waals surface area contributed by atoms with Crippen molar-refractivity contribution in [3.63, 3.8) is 0 Å². The maximum absolute atomic E-state index is 13.7. The normalized spacial score (nSPS) is 16.0. The van der Waals surface area contributed by atoms with E-state index in [0.717, 1.165) is 22.0 Å². The van der Waals surface area contributed by atoms with Crippen LogP contribution in [-0.4, -0.2) is 21.7 Å². The zero-order valence-corrected chi connectivity index (χ0v) is 20.5. The molecule has 0 spiro atoms. The summed E-state index contributed by atoms with van der Waals surface area (Å²) in [6.07, 6.45) is 3.91. The number of hydrogen-bond donors (Lipinski definition) is 0. The second-order valence-electron chi connectivity index (χ2n) is 8.07. The fraction of sp³-hybridized carbons (Fsp3) is 0.192. The third kappa shape index (κ3) is 3.71. The number of nitrogens with zero attached hydrogens (tertiary/aromatic N) is 3. The molecule has 1 aliphatic heterocycles. The number of thiazole rings is 1. The lowest BCUT2D eigenvalue weighted by atomic mass is 9.96. The molecule has 2 aromatic heterocycles. The molecule has 8 heteroatoms. The van der Waals surface area contributed by atoms with Gasteiger partial charge in [-0.2, -0.15) is 0 Å². The molecule has 172 valence electrons. The Morgan fingerprint density at radius 3 is 2.68 bits per heavy atom. The summed E-state index contributed by atoms with van der Waals surface area (Å²) in [6, 6.07) is 14.6. The lowest BCUT2D eigenvalue weighted by molar-refractivity contribution is -0.139. The van der Waals surface area contributed by atoms with Crippen molar-refractivity contribution >= 4 is 45.9 Å². The molecule has 1 unspecified atom stereocenters. The number of carbonyl (C=O) groups is 1. The van der Waals surface area contributed by atoms with E-state index in [1.165, 1.54) is 11.3 Å². The molecule has 1 aliphatic rings. The molecule has 3 heterocycles. The Bertz CT molecular complexity index is 1640. The summed E-state index contributed by atoms with van der Waals surface area (Å²) in [5, 5.41) is 1.64. The van der Waals surface area contributed by atoms with Gasteiger partial charge in [0.1, 0.15) is 0 Å². The average Bonchev–Trinajstić information content (AvgIpc) is 3.30. The van der Waals surface area contributed by atoms with Crippen LogP contribution in [0.1, 0.15) is 31.0 Å². The Balaban J connectivity index is 1.75. The van der Waals surface area contributed by atoms with Crippen LogP contribution in [0.5, 0.6) is 0 Å². The number of esters is 1. The van der Waals surface area contributed by atoms with E-state index in [-0.39, 0.29) is 12.2 Å². The summed E-state index contributed by atoms with van der Waals surface area (Å²) in [7, 11) is 1.98. The summed E-state index contributed by atoms with van der Waals surface area (Å²) < 4.78 is 9.51. The minimum Gasteiger partial charge on any atom is -0.463 e. The molecule has 5 rings (SSSR count). The quantitative estimate of drug-likeness (QED) is 0.406. The van der Waals surface area contributed by atoms with E-state index in [4.69, 9.17) is 16.3 Å². The Morgan fingerprint density at radius 2 is 1.94 bits per heavy atom. The van der Waals surface area contributed by atoms with E-state index in [2.05, 4.69) is 4.99 Å². The van der Waals surface area contributed by atoms with E-state index < -0.39 is 12.0 Å². The molecule has 0 radical (unpaired) electrons. The zero-order valence-electron chi connectivity index (χ0n) is 18.9. The first-order chi connectivity index (χ1) is 16.4. The van der Waals surface area contributed by atoms with Crippen LogP contribution in [0.15, 0.2) is 75.8 Å². The Labute approximate surface area is 204 Å². The van der Waals surface area contributed by atoms with Crippen molar-refractivity contribution in [2.45, 2.75) is 19.9 Å². The number of halogens is 1. The number of carbonyl (C=O) groups excluding carboxylic acids is 1. The Kier molecular flexibility index (Phi) is 5.75. The summed E-state index contributed by atoms with van der Waals surface area (Å²) in [5.41, 5.74) is 3.49. The van der Waals surface area contributed by atoms with Crippen molar-refractivity contribution in [3.05, 3.63) is 102 Å². The van der Waals surface area contributed by atoms with Crippen LogP contribution in [-0.2, 0) is 16.6 Å². The van der Waals surface area contributed by atoms with E-state index in [1.807, 2.05) is 60.3 Å². The molecule has 0 amide bonds. The van der Waals surface area contributed by atoms with Crippen molar-refractivity contribution in [1.82, 2.24) is 9.13 Å². The van der Waals surface area contributed by atoms with Crippen LogP contribution in [0.2, 0.25) is 5.02 Å². The van der Waals surface area contributed by atoms with Gasteiger partial charge in [-0.25, -0.2) is 9.79 Å². The van der Waals surface area contributed by atoms with E-state index in [1.54, 1.807) is 30.5 Å². The number of rotatable bonds is 4. The molecule has 0 bridgehead atoms. The molecule has 4 aromatic rings. The van der Waals surface area contributed by atoms with Crippen LogP contribution >= 0.6 is 22.9 Å². The standard InChI is InChI=1S/C26H22ClN3O3S/c1-4-33-25(32)22-15(2)28-26-30(23(22)16-9-11-18(27)12-10-16)24(31)21(34-26)13-17-14-29(3)20-8-6-5-7-19(17)20/h5-14,23H,4H2,1-3H3/b21-13+. The third-order valence-corrected chi connectivity index (χ3v) is 7.15. The molecule has 0 fully saturated rings. The molecular formula is C26H22ClN3O3S. The summed E-state index contributed by atoms with van der Waals surface area (Å²) in [6.45, 7) is 3.76. The molecule has 2 aromatic carbocycles. The highest BCUT2D eigenvalue weighted by molar-refractivity contribution is 7.07. The van der Waals surface area contributed by atoms with Crippen LogP contribution < -0.4 is 14.9 Å². The summed E-state index contributed by atoms with van der Waals surface area (Å²) in [4.78, 5) is 31.8. The zero-order chi connectivity index (χ0) is 24.0. The average molecular weight is 492 g/mol. The number of benzene rings is 2. The van der Waals surface area contributed by atoms with Crippen molar-refractivity contribution in [2.75, 3.05) is 6.61 Å². The van der Waals surface area contributed by atoms with Crippen molar-refractivity contribution < 1.29 is 9.53 Å².